The highest BCUT2D eigenvalue weighted by atomic mass is 32.1. The molecule has 192 valence electrons. The molecule has 9 heteroatoms. The number of carbonyl (C=O) groups excluding carboxylic acids is 1. The molecule has 2 aromatic carbocycles. The van der Waals surface area contributed by atoms with E-state index in [9.17, 15) is 14.4 Å². The van der Waals surface area contributed by atoms with E-state index in [1.165, 1.54) is 20.5 Å². The maximum atomic E-state index is 13.7. The average Bonchev–Trinajstić information content (AvgIpc) is 3.29. The van der Waals surface area contributed by atoms with Crippen molar-refractivity contribution in [2.45, 2.75) is 46.1 Å². The second kappa shape index (κ2) is 10.6. The quantitative estimate of drug-likeness (QED) is 0.369. The Morgan fingerprint density at radius 2 is 1.54 bits per heavy atom. The molecular weight excluding hydrogens is 490 g/mol. The molecule has 0 saturated heterocycles. The number of nitrogens with one attached hydrogen (secondary N) is 1. The van der Waals surface area contributed by atoms with Crippen LogP contribution in [0.25, 0.3) is 15.9 Å². The third kappa shape index (κ3) is 4.91. The number of ether oxygens (including phenoxy) is 2. The molecule has 2 heterocycles. The van der Waals surface area contributed by atoms with Crippen LogP contribution in [-0.4, -0.2) is 28.3 Å². The van der Waals surface area contributed by atoms with Gasteiger partial charge in [0, 0.05) is 10.6 Å². The zero-order valence-electron chi connectivity index (χ0n) is 20.9. The summed E-state index contributed by atoms with van der Waals surface area (Å²) in [7, 11) is 0. The Hall–Kier alpha value is -3.85. The van der Waals surface area contributed by atoms with E-state index in [2.05, 4.69) is 5.32 Å². The van der Waals surface area contributed by atoms with Crippen molar-refractivity contribution in [1.29, 1.82) is 0 Å². The maximum absolute atomic E-state index is 13.7. The van der Waals surface area contributed by atoms with Crippen molar-refractivity contribution in [3.8, 4) is 17.2 Å². The van der Waals surface area contributed by atoms with E-state index in [4.69, 9.17) is 9.47 Å². The lowest BCUT2D eigenvalue weighted by Gasteiger charge is -2.14. The van der Waals surface area contributed by atoms with E-state index in [1.807, 2.05) is 13.8 Å². The molecule has 0 aliphatic heterocycles. The van der Waals surface area contributed by atoms with Crippen molar-refractivity contribution in [1.82, 2.24) is 9.13 Å². The Kier molecular flexibility index (Phi) is 7.14. The van der Waals surface area contributed by atoms with Gasteiger partial charge in [-0.3, -0.25) is 14.2 Å². The monoisotopic (exact) mass is 519 g/mol. The molecule has 1 aliphatic rings. The van der Waals surface area contributed by atoms with Gasteiger partial charge in [-0.15, -0.1) is 11.3 Å². The summed E-state index contributed by atoms with van der Waals surface area (Å²) in [6.07, 6.45) is 3.72. The molecule has 5 rings (SSSR count). The van der Waals surface area contributed by atoms with Gasteiger partial charge in [0.05, 0.1) is 24.3 Å². The maximum Gasteiger partial charge on any atom is 0.337 e. The normalized spacial score (nSPS) is 12.8. The van der Waals surface area contributed by atoms with Gasteiger partial charge in [-0.2, -0.15) is 0 Å². The molecule has 0 spiro atoms. The molecule has 37 heavy (non-hydrogen) atoms. The Bertz CT molecular complexity index is 1550. The first-order chi connectivity index (χ1) is 18.0. The molecule has 1 N–H and O–H groups in total. The van der Waals surface area contributed by atoms with E-state index in [0.717, 1.165) is 36.1 Å². The first kappa shape index (κ1) is 24.8. The number of hydrogen-bond acceptors (Lipinski definition) is 6. The minimum atomic E-state index is -0.540. The Morgan fingerprint density at radius 1 is 0.919 bits per heavy atom. The number of benzene rings is 2. The van der Waals surface area contributed by atoms with Crippen LogP contribution in [0.3, 0.4) is 0 Å². The number of amides is 1. The second-order valence-electron chi connectivity index (χ2n) is 8.83. The lowest BCUT2D eigenvalue weighted by Crippen LogP contribution is -2.40. The van der Waals surface area contributed by atoms with Gasteiger partial charge in [-0.25, -0.2) is 9.36 Å². The third-order valence-corrected chi connectivity index (χ3v) is 7.71. The third-order valence-electron chi connectivity index (χ3n) is 6.39. The van der Waals surface area contributed by atoms with Crippen molar-refractivity contribution in [3.05, 3.63) is 79.8 Å². The van der Waals surface area contributed by atoms with Crippen molar-refractivity contribution in [2.75, 3.05) is 18.5 Å². The molecule has 0 radical (unpaired) electrons. The van der Waals surface area contributed by atoms with E-state index in [0.29, 0.717) is 46.3 Å². The summed E-state index contributed by atoms with van der Waals surface area (Å²) in [5.41, 5.74) is 1.17. The summed E-state index contributed by atoms with van der Waals surface area (Å²) in [4.78, 5) is 42.2. The molecule has 0 unspecified atom stereocenters. The molecule has 0 saturated carbocycles. The molecular formula is C28H29N3O5S. The smallest absolute Gasteiger partial charge is 0.337 e. The summed E-state index contributed by atoms with van der Waals surface area (Å²) < 4.78 is 13.6. The van der Waals surface area contributed by atoms with Crippen LogP contribution in [0.15, 0.2) is 58.1 Å². The first-order valence-corrected chi connectivity index (χ1v) is 13.4. The number of fused-ring (bicyclic) bond motifs is 3. The predicted molar refractivity (Wildman–Crippen MR) is 146 cm³/mol. The highest BCUT2D eigenvalue weighted by Crippen LogP contribution is 2.34. The van der Waals surface area contributed by atoms with Gasteiger partial charge in [-0.1, -0.05) is 0 Å². The molecule has 8 nitrogen and oxygen atoms in total. The topological polar surface area (TPSA) is 91.6 Å². The number of nitrogens with zero attached hydrogens (tertiary/aromatic N) is 2. The van der Waals surface area contributed by atoms with Gasteiger partial charge < -0.3 is 14.8 Å². The van der Waals surface area contributed by atoms with E-state index < -0.39 is 5.69 Å². The van der Waals surface area contributed by atoms with Gasteiger partial charge in [0.15, 0.2) is 0 Å². The van der Waals surface area contributed by atoms with Crippen molar-refractivity contribution >= 4 is 33.1 Å². The van der Waals surface area contributed by atoms with Gasteiger partial charge >= 0.3 is 5.69 Å². The summed E-state index contributed by atoms with van der Waals surface area (Å²) in [5, 5.41) is 3.40. The fourth-order valence-corrected chi connectivity index (χ4v) is 6.11. The number of hydrogen-bond donors (Lipinski definition) is 1. The highest BCUT2D eigenvalue weighted by Gasteiger charge is 2.25. The zero-order valence-corrected chi connectivity index (χ0v) is 21.7. The second-order valence-corrected chi connectivity index (χ2v) is 9.92. The molecule has 2 aromatic heterocycles. The van der Waals surface area contributed by atoms with Crippen molar-refractivity contribution < 1.29 is 14.3 Å². The van der Waals surface area contributed by atoms with E-state index in [-0.39, 0.29) is 18.0 Å². The molecule has 0 fully saturated rings. The van der Waals surface area contributed by atoms with Crippen molar-refractivity contribution in [3.63, 3.8) is 0 Å². The number of carbonyl (C=O) groups is 1. The number of rotatable bonds is 8. The lowest BCUT2D eigenvalue weighted by atomic mass is 9.97. The molecule has 1 amide bonds. The Morgan fingerprint density at radius 3 is 2.19 bits per heavy atom. The highest BCUT2D eigenvalue weighted by molar-refractivity contribution is 7.18. The molecule has 1 aliphatic carbocycles. The van der Waals surface area contributed by atoms with Gasteiger partial charge in [0.1, 0.15) is 22.9 Å². The van der Waals surface area contributed by atoms with Crippen LogP contribution in [-0.2, 0) is 24.2 Å². The average molecular weight is 520 g/mol. The summed E-state index contributed by atoms with van der Waals surface area (Å²) in [5.74, 6) is 1.02. The summed E-state index contributed by atoms with van der Waals surface area (Å²) >= 11 is 1.46. The van der Waals surface area contributed by atoms with Crippen LogP contribution in [0.2, 0.25) is 0 Å². The largest absolute Gasteiger partial charge is 0.494 e. The number of aromatic nitrogens is 2. The summed E-state index contributed by atoms with van der Waals surface area (Å²) in [6.45, 7) is 4.66. The zero-order chi connectivity index (χ0) is 25.9. The van der Waals surface area contributed by atoms with Crippen LogP contribution in [0.1, 0.15) is 37.1 Å². The van der Waals surface area contributed by atoms with Crippen LogP contribution < -0.4 is 26.0 Å². The van der Waals surface area contributed by atoms with E-state index >= 15 is 0 Å². The Labute approximate surface area is 218 Å². The summed E-state index contributed by atoms with van der Waals surface area (Å²) in [6, 6.07) is 13.9. The predicted octanol–water partition coefficient (Wildman–Crippen LogP) is 4.53. The SMILES string of the molecule is CCOc1ccc(NC(=O)Cn2c(=O)n(-c3ccc(OCC)cc3)c(=O)c3c4c(sc32)CCCC4)cc1. The lowest BCUT2D eigenvalue weighted by molar-refractivity contribution is -0.116. The van der Waals surface area contributed by atoms with E-state index in [1.54, 1.807) is 48.5 Å². The van der Waals surface area contributed by atoms with Crippen LogP contribution >= 0.6 is 11.3 Å². The minimum absolute atomic E-state index is 0.209. The van der Waals surface area contributed by atoms with Gasteiger partial charge in [0.2, 0.25) is 5.91 Å². The molecule has 0 atom stereocenters. The fourth-order valence-electron chi connectivity index (χ4n) is 4.74. The van der Waals surface area contributed by atoms with Gasteiger partial charge in [0.25, 0.3) is 5.56 Å². The standard InChI is InChI=1S/C28H29N3O5S/c1-3-35-20-13-9-18(10-14-20)29-24(32)17-30-27-25(22-7-5-6-8-23(22)37-27)26(33)31(28(30)34)19-11-15-21(16-12-19)36-4-2/h9-16H,3-8,17H2,1-2H3,(H,29,32). The van der Waals surface area contributed by atoms with Crippen LogP contribution in [0.5, 0.6) is 11.5 Å². The number of aryl methyl sites for hydroxylation is 2. The first-order valence-electron chi connectivity index (χ1n) is 12.6. The molecule has 4 aromatic rings. The molecule has 0 bridgehead atoms. The Balaban J connectivity index is 1.57. The number of anilines is 1. The van der Waals surface area contributed by atoms with Gasteiger partial charge in [-0.05, 0) is 93.6 Å². The van der Waals surface area contributed by atoms with Crippen LogP contribution in [0.4, 0.5) is 5.69 Å². The van der Waals surface area contributed by atoms with Crippen molar-refractivity contribution in [2.24, 2.45) is 0 Å². The van der Waals surface area contributed by atoms with Crippen LogP contribution in [0, 0.1) is 0 Å². The minimum Gasteiger partial charge on any atom is -0.494 e. The fraction of sp³-hybridized carbons (Fsp3) is 0.321. The number of thiophene rings is 1.